The average molecular weight is 383 g/mol. The molecule has 2 rings (SSSR count). The first-order valence-electron chi connectivity index (χ1n) is 7.67. The fourth-order valence-corrected chi connectivity index (χ4v) is 2.36. The molecule has 2 aromatic carbocycles. The molecule has 0 saturated carbocycles. The standard InChI is InChI=1S/C18H19F2NO6/c1-23-13-7-10(5-6-12(13)27-18(19)20)17(22)21-11-8-14(24-2)16(26-4)15(9-11)25-3/h5-9,18H,1-4H3,(H,21,22). The Bertz CT molecular complexity index is 787. The summed E-state index contributed by atoms with van der Waals surface area (Å²) in [5.41, 5.74) is 0.573. The highest BCUT2D eigenvalue weighted by molar-refractivity contribution is 6.05. The summed E-state index contributed by atoms with van der Waals surface area (Å²) in [7, 11) is 5.66. The summed E-state index contributed by atoms with van der Waals surface area (Å²) in [4.78, 5) is 12.5. The van der Waals surface area contributed by atoms with E-state index in [-0.39, 0.29) is 17.1 Å². The number of anilines is 1. The van der Waals surface area contributed by atoms with E-state index in [0.29, 0.717) is 22.9 Å². The van der Waals surface area contributed by atoms with Gasteiger partial charge in [0.1, 0.15) is 0 Å². The van der Waals surface area contributed by atoms with Crippen LogP contribution in [0.3, 0.4) is 0 Å². The quantitative estimate of drug-likeness (QED) is 0.751. The smallest absolute Gasteiger partial charge is 0.387 e. The van der Waals surface area contributed by atoms with Crippen molar-refractivity contribution in [3.63, 3.8) is 0 Å². The van der Waals surface area contributed by atoms with Gasteiger partial charge in [0.05, 0.1) is 28.4 Å². The molecule has 1 N–H and O–H groups in total. The molecule has 0 unspecified atom stereocenters. The number of benzene rings is 2. The Morgan fingerprint density at radius 2 is 1.44 bits per heavy atom. The summed E-state index contributed by atoms with van der Waals surface area (Å²) in [6, 6.07) is 6.99. The second-order valence-corrected chi connectivity index (χ2v) is 5.11. The van der Waals surface area contributed by atoms with Crippen molar-refractivity contribution in [1.82, 2.24) is 0 Å². The van der Waals surface area contributed by atoms with Gasteiger partial charge in [0.15, 0.2) is 23.0 Å². The van der Waals surface area contributed by atoms with E-state index >= 15 is 0 Å². The predicted octanol–water partition coefficient (Wildman–Crippen LogP) is 3.57. The number of halogens is 2. The summed E-state index contributed by atoms with van der Waals surface area (Å²) >= 11 is 0. The Hall–Kier alpha value is -3.23. The lowest BCUT2D eigenvalue weighted by Crippen LogP contribution is -2.13. The van der Waals surface area contributed by atoms with Gasteiger partial charge < -0.3 is 29.0 Å². The molecule has 0 heterocycles. The maximum absolute atomic E-state index is 12.5. The number of carbonyl (C=O) groups excluding carboxylic acids is 1. The topological polar surface area (TPSA) is 75.3 Å². The highest BCUT2D eigenvalue weighted by atomic mass is 19.3. The third-order valence-electron chi connectivity index (χ3n) is 3.56. The Kier molecular flexibility index (Phi) is 6.64. The Labute approximate surface area is 154 Å². The predicted molar refractivity (Wildman–Crippen MR) is 93.7 cm³/mol. The highest BCUT2D eigenvalue weighted by Gasteiger charge is 2.17. The summed E-state index contributed by atoms with van der Waals surface area (Å²) in [5, 5.41) is 2.67. The molecule has 0 saturated heterocycles. The van der Waals surface area contributed by atoms with Crippen molar-refractivity contribution in [2.75, 3.05) is 33.8 Å². The Morgan fingerprint density at radius 1 is 0.852 bits per heavy atom. The maximum Gasteiger partial charge on any atom is 0.387 e. The monoisotopic (exact) mass is 383 g/mol. The van der Waals surface area contributed by atoms with Crippen LogP contribution in [0.5, 0.6) is 28.7 Å². The van der Waals surface area contributed by atoms with Gasteiger partial charge in [-0.1, -0.05) is 0 Å². The van der Waals surface area contributed by atoms with Crippen LogP contribution in [0.25, 0.3) is 0 Å². The Morgan fingerprint density at radius 3 is 1.93 bits per heavy atom. The number of nitrogens with one attached hydrogen (secondary N) is 1. The highest BCUT2D eigenvalue weighted by Crippen LogP contribution is 2.40. The van der Waals surface area contributed by atoms with Crippen molar-refractivity contribution in [1.29, 1.82) is 0 Å². The third kappa shape index (κ3) is 4.69. The van der Waals surface area contributed by atoms with Crippen LogP contribution in [-0.4, -0.2) is 41.0 Å². The van der Waals surface area contributed by atoms with Crippen LogP contribution in [0.1, 0.15) is 10.4 Å². The van der Waals surface area contributed by atoms with Crippen LogP contribution < -0.4 is 29.0 Å². The first kappa shape index (κ1) is 20.1. The summed E-state index contributed by atoms with van der Waals surface area (Å²) < 4.78 is 49.8. The van der Waals surface area contributed by atoms with Crippen LogP contribution in [0.15, 0.2) is 30.3 Å². The van der Waals surface area contributed by atoms with Crippen molar-refractivity contribution in [2.45, 2.75) is 6.61 Å². The van der Waals surface area contributed by atoms with Crippen LogP contribution in [0, 0.1) is 0 Å². The minimum Gasteiger partial charge on any atom is -0.493 e. The number of hydrogen-bond donors (Lipinski definition) is 1. The lowest BCUT2D eigenvalue weighted by atomic mass is 10.1. The normalized spacial score (nSPS) is 10.3. The number of hydrogen-bond acceptors (Lipinski definition) is 6. The van der Waals surface area contributed by atoms with E-state index in [9.17, 15) is 13.6 Å². The molecule has 1 amide bonds. The molecular weight excluding hydrogens is 364 g/mol. The van der Waals surface area contributed by atoms with Crippen LogP contribution >= 0.6 is 0 Å². The molecule has 146 valence electrons. The van der Waals surface area contributed by atoms with Gasteiger partial charge in [0, 0.05) is 23.4 Å². The minimum atomic E-state index is -3.00. The average Bonchev–Trinajstić information content (AvgIpc) is 2.66. The van der Waals surface area contributed by atoms with E-state index < -0.39 is 12.5 Å². The number of carbonyl (C=O) groups is 1. The second-order valence-electron chi connectivity index (χ2n) is 5.11. The van der Waals surface area contributed by atoms with Gasteiger partial charge >= 0.3 is 6.61 Å². The summed E-state index contributed by atoms with van der Waals surface area (Å²) in [6.45, 7) is -3.00. The Balaban J connectivity index is 2.29. The zero-order valence-electron chi connectivity index (χ0n) is 15.2. The van der Waals surface area contributed by atoms with Crippen LogP contribution in [-0.2, 0) is 0 Å². The second kappa shape index (κ2) is 8.93. The molecule has 0 aliphatic carbocycles. The van der Waals surface area contributed by atoms with Crippen molar-refractivity contribution in [3.05, 3.63) is 35.9 Å². The first-order chi connectivity index (χ1) is 12.9. The maximum atomic E-state index is 12.5. The van der Waals surface area contributed by atoms with Crippen LogP contribution in [0.2, 0.25) is 0 Å². The fraction of sp³-hybridized carbons (Fsp3) is 0.278. The molecule has 0 atom stereocenters. The van der Waals surface area contributed by atoms with E-state index in [4.69, 9.17) is 18.9 Å². The van der Waals surface area contributed by atoms with Gasteiger partial charge in [-0.3, -0.25) is 4.79 Å². The lowest BCUT2D eigenvalue weighted by molar-refractivity contribution is -0.0512. The van der Waals surface area contributed by atoms with Gasteiger partial charge in [-0.15, -0.1) is 0 Å². The van der Waals surface area contributed by atoms with Crippen molar-refractivity contribution < 1.29 is 37.3 Å². The lowest BCUT2D eigenvalue weighted by Gasteiger charge is -2.15. The zero-order valence-corrected chi connectivity index (χ0v) is 15.2. The SMILES string of the molecule is COc1cc(C(=O)Nc2cc(OC)c(OC)c(OC)c2)ccc1OC(F)F. The number of alkyl halides is 2. The van der Waals surface area contributed by atoms with Crippen LogP contribution in [0.4, 0.5) is 14.5 Å². The molecule has 27 heavy (non-hydrogen) atoms. The van der Waals surface area contributed by atoms with E-state index in [1.54, 1.807) is 12.1 Å². The van der Waals surface area contributed by atoms with E-state index in [2.05, 4.69) is 10.1 Å². The number of amides is 1. The molecule has 2 aromatic rings. The van der Waals surface area contributed by atoms with Crippen molar-refractivity contribution in [3.8, 4) is 28.7 Å². The molecule has 0 aliphatic rings. The summed E-state index contributed by atoms with van der Waals surface area (Å²) in [6.07, 6.45) is 0. The molecule has 0 aromatic heterocycles. The van der Waals surface area contributed by atoms with E-state index in [0.717, 1.165) is 0 Å². The van der Waals surface area contributed by atoms with Crippen molar-refractivity contribution in [2.24, 2.45) is 0 Å². The molecule has 9 heteroatoms. The molecule has 0 radical (unpaired) electrons. The van der Waals surface area contributed by atoms with Gasteiger partial charge in [0.2, 0.25) is 5.75 Å². The van der Waals surface area contributed by atoms with Gasteiger partial charge in [-0.05, 0) is 18.2 Å². The number of rotatable bonds is 8. The zero-order chi connectivity index (χ0) is 20.0. The van der Waals surface area contributed by atoms with Gasteiger partial charge in [0.25, 0.3) is 5.91 Å². The fourth-order valence-electron chi connectivity index (χ4n) is 2.36. The molecule has 0 spiro atoms. The molecule has 0 bridgehead atoms. The number of ether oxygens (including phenoxy) is 5. The first-order valence-corrected chi connectivity index (χ1v) is 7.67. The molecular formula is C18H19F2NO6. The largest absolute Gasteiger partial charge is 0.493 e. The third-order valence-corrected chi connectivity index (χ3v) is 3.56. The minimum absolute atomic E-state index is 0.00726. The molecule has 7 nitrogen and oxygen atoms in total. The molecule has 0 fully saturated rings. The molecule has 0 aliphatic heterocycles. The van der Waals surface area contributed by atoms with Gasteiger partial charge in [-0.25, -0.2) is 0 Å². The van der Waals surface area contributed by atoms with E-state index in [1.807, 2.05) is 0 Å². The summed E-state index contributed by atoms with van der Waals surface area (Å²) in [5.74, 6) is 0.458. The van der Waals surface area contributed by atoms with Crippen molar-refractivity contribution >= 4 is 11.6 Å². The van der Waals surface area contributed by atoms with Gasteiger partial charge in [-0.2, -0.15) is 8.78 Å². The number of methoxy groups -OCH3 is 4. The van der Waals surface area contributed by atoms with E-state index in [1.165, 1.54) is 46.6 Å².